The summed E-state index contributed by atoms with van der Waals surface area (Å²) in [5.41, 5.74) is 14.0. The average molecular weight is 678 g/mol. The van der Waals surface area contributed by atoms with Crippen molar-refractivity contribution in [3.8, 4) is 56.3 Å². The van der Waals surface area contributed by atoms with Crippen LogP contribution < -0.4 is 20.3 Å². The third kappa shape index (κ3) is 4.07. The van der Waals surface area contributed by atoms with E-state index < -0.39 is 0 Å². The van der Waals surface area contributed by atoms with Crippen LogP contribution in [0.3, 0.4) is 0 Å². The minimum Gasteiger partial charge on any atom is -0.551 e. The molecule has 0 atom stereocenters. The van der Waals surface area contributed by atoms with Gasteiger partial charge < -0.3 is 18.4 Å². The van der Waals surface area contributed by atoms with Gasteiger partial charge in [0.05, 0.1) is 16.7 Å². The Morgan fingerprint density at radius 3 is 1.92 bits per heavy atom. The maximum atomic E-state index is 7.00. The summed E-state index contributed by atoms with van der Waals surface area (Å²) >= 11 is 0. The Bertz CT molecular complexity index is 3100. The third-order valence-electron chi connectivity index (χ3n) is 11.1. The predicted molar refractivity (Wildman–Crippen MR) is 217 cm³/mol. The molecular weight excluding hydrogens is 649 g/mol. The minimum atomic E-state index is -0.315. The smallest absolute Gasteiger partial charge is 0.434 e. The second-order valence-electron chi connectivity index (χ2n) is 13.9. The molecule has 0 amide bonds. The first-order valence-corrected chi connectivity index (χ1v) is 18.0. The molecule has 2 aromatic heterocycles. The summed E-state index contributed by atoms with van der Waals surface area (Å²) in [6, 6.07) is 59.9. The Morgan fingerprint density at radius 2 is 1.08 bits per heavy atom. The fraction of sp³-hybridized carbons (Fsp3) is 0. The topological polar surface area (TPSA) is 36.5 Å². The van der Waals surface area contributed by atoms with Gasteiger partial charge in [0.25, 0.3) is 0 Å². The normalized spacial score (nSPS) is 12.8. The van der Waals surface area contributed by atoms with E-state index in [2.05, 4.69) is 156 Å². The van der Waals surface area contributed by atoms with Crippen LogP contribution in [0, 0.1) is 0 Å². The molecular formula is C48H28BNO3. The van der Waals surface area contributed by atoms with E-state index in [0.29, 0.717) is 0 Å². The Morgan fingerprint density at radius 1 is 0.434 bits per heavy atom. The van der Waals surface area contributed by atoms with E-state index in [1.54, 1.807) is 0 Å². The highest BCUT2D eigenvalue weighted by atomic mass is 16.5. The molecule has 0 spiro atoms. The Balaban J connectivity index is 0.996. The van der Waals surface area contributed by atoms with E-state index in [0.717, 1.165) is 89.2 Å². The first-order valence-electron chi connectivity index (χ1n) is 18.0. The number of rotatable bonds is 3. The first-order chi connectivity index (χ1) is 26.3. The number of hydrogen-bond donors (Lipinski definition) is 0. The number of aromatic nitrogens is 1. The first kappa shape index (κ1) is 28.7. The second-order valence-corrected chi connectivity index (χ2v) is 13.9. The van der Waals surface area contributed by atoms with Crippen LogP contribution >= 0.6 is 0 Å². The van der Waals surface area contributed by atoms with Crippen molar-refractivity contribution in [3.05, 3.63) is 170 Å². The molecule has 0 fully saturated rings. The van der Waals surface area contributed by atoms with E-state index in [1.165, 1.54) is 21.8 Å². The zero-order valence-electron chi connectivity index (χ0n) is 28.4. The second kappa shape index (κ2) is 10.8. The number of furan rings is 1. The monoisotopic (exact) mass is 677 g/mol. The van der Waals surface area contributed by atoms with E-state index in [1.807, 2.05) is 18.2 Å². The van der Waals surface area contributed by atoms with Crippen molar-refractivity contribution >= 4 is 61.6 Å². The molecule has 0 unspecified atom stereocenters. The van der Waals surface area contributed by atoms with Crippen LogP contribution in [0.1, 0.15) is 0 Å². The number of hydrogen-bond acceptors (Lipinski definition) is 3. The largest absolute Gasteiger partial charge is 0.551 e. The summed E-state index contributed by atoms with van der Waals surface area (Å²) in [7, 11) is 0. The van der Waals surface area contributed by atoms with Crippen molar-refractivity contribution in [2.75, 3.05) is 0 Å². The van der Waals surface area contributed by atoms with Crippen molar-refractivity contribution in [2.24, 2.45) is 0 Å². The Hall–Kier alpha value is -6.98. The number of para-hydroxylation sites is 4. The van der Waals surface area contributed by atoms with E-state index >= 15 is 0 Å². The summed E-state index contributed by atoms with van der Waals surface area (Å²) in [5.74, 6) is 2.50. The van der Waals surface area contributed by atoms with Crippen LogP contribution in [0.25, 0.3) is 82.8 Å². The van der Waals surface area contributed by atoms with Gasteiger partial charge in [0.15, 0.2) is 0 Å². The van der Waals surface area contributed by atoms with Gasteiger partial charge in [-0.05, 0) is 76.9 Å². The van der Waals surface area contributed by atoms with Crippen LogP contribution in [0.4, 0.5) is 0 Å². The highest BCUT2D eigenvalue weighted by Gasteiger charge is 2.41. The van der Waals surface area contributed by atoms with E-state index in [-0.39, 0.29) is 6.92 Å². The fourth-order valence-corrected chi connectivity index (χ4v) is 8.80. The summed E-state index contributed by atoms with van der Waals surface area (Å²) in [6.45, 7) is -0.315. The minimum absolute atomic E-state index is 0.315. The molecule has 0 bridgehead atoms. The van der Waals surface area contributed by atoms with Gasteiger partial charge >= 0.3 is 6.92 Å². The van der Waals surface area contributed by atoms with Gasteiger partial charge in [-0.2, -0.15) is 0 Å². The highest BCUT2D eigenvalue weighted by Crippen LogP contribution is 2.44. The SMILES string of the molecule is c1ccc(-n2c3ccccc3c3ccccc32)c(-c2ccc3c(c2)B2Oc4ccc(-c5cccc6oc7ccccc7c56)cc4-c4cccc(c42)O3)c1. The molecule has 246 valence electrons. The number of fused-ring (bicyclic) bond motifs is 10. The van der Waals surface area contributed by atoms with Crippen LogP contribution in [0.2, 0.25) is 0 Å². The van der Waals surface area contributed by atoms with Gasteiger partial charge in [0.1, 0.15) is 28.4 Å². The molecule has 0 N–H and O–H groups in total. The fourth-order valence-electron chi connectivity index (χ4n) is 8.80. The average Bonchev–Trinajstić information content (AvgIpc) is 3.77. The lowest BCUT2D eigenvalue weighted by Crippen LogP contribution is -2.53. The van der Waals surface area contributed by atoms with Crippen molar-refractivity contribution in [1.29, 1.82) is 0 Å². The molecule has 2 aliphatic heterocycles. The molecule has 0 aliphatic carbocycles. The summed E-state index contributed by atoms with van der Waals surface area (Å²) in [4.78, 5) is 0. The molecule has 4 heterocycles. The third-order valence-corrected chi connectivity index (χ3v) is 11.1. The van der Waals surface area contributed by atoms with Gasteiger partial charge in [-0.3, -0.25) is 0 Å². The molecule has 0 radical (unpaired) electrons. The number of nitrogens with zero attached hydrogens (tertiary/aromatic N) is 1. The number of ether oxygens (including phenoxy) is 1. The van der Waals surface area contributed by atoms with Crippen LogP contribution in [0.15, 0.2) is 174 Å². The predicted octanol–water partition coefficient (Wildman–Crippen LogP) is 11.3. The van der Waals surface area contributed by atoms with Crippen molar-refractivity contribution in [1.82, 2.24) is 4.57 Å². The molecule has 53 heavy (non-hydrogen) atoms. The Kier molecular flexibility index (Phi) is 5.83. The molecule has 4 nitrogen and oxygen atoms in total. The molecule has 2 aliphatic rings. The standard InChI is InChI=1S/C48H28BNO3/c1-5-17-39(50-40-18-6-2-12-33(40)34-13-3-7-19-41(34)50)31(11-1)30-24-26-44-38(28-30)49-48-35(16-10-22-46(48)52-44)37-27-29(23-25-43(37)53-49)32-15-9-21-45-47(32)36-14-4-8-20-42(36)51-45/h1-28H. The maximum Gasteiger partial charge on any atom is 0.434 e. The molecule has 12 rings (SSSR count). The quantitative estimate of drug-likeness (QED) is 0.175. The zero-order chi connectivity index (χ0) is 34.6. The highest BCUT2D eigenvalue weighted by molar-refractivity contribution is 6.84. The molecule has 0 saturated heterocycles. The summed E-state index contributed by atoms with van der Waals surface area (Å²) in [5, 5.41) is 4.73. The van der Waals surface area contributed by atoms with Crippen molar-refractivity contribution in [2.45, 2.75) is 0 Å². The van der Waals surface area contributed by atoms with Crippen LogP contribution in [0.5, 0.6) is 17.2 Å². The lowest BCUT2D eigenvalue weighted by molar-refractivity contribution is 0.479. The molecule has 0 saturated carbocycles. The van der Waals surface area contributed by atoms with Crippen LogP contribution in [-0.2, 0) is 0 Å². The van der Waals surface area contributed by atoms with Crippen molar-refractivity contribution < 1.29 is 13.8 Å². The van der Waals surface area contributed by atoms with Gasteiger partial charge in [-0.25, -0.2) is 0 Å². The zero-order valence-corrected chi connectivity index (χ0v) is 28.4. The van der Waals surface area contributed by atoms with Gasteiger partial charge in [-0.1, -0.05) is 115 Å². The van der Waals surface area contributed by atoms with Gasteiger partial charge in [0.2, 0.25) is 0 Å². The maximum absolute atomic E-state index is 7.00. The summed E-state index contributed by atoms with van der Waals surface area (Å²) in [6.07, 6.45) is 0. The molecule has 5 heteroatoms. The Labute approximate surface area is 305 Å². The van der Waals surface area contributed by atoms with E-state index in [9.17, 15) is 0 Å². The summed E-state index contributed by atoms with van der Waals surface area (Å²) < 4.78 is 22.3. The van der Waals surface area contributed by atoms with Crippen LogP contribution in [-0.4, -0.2) is 11.5 Å². The lowest BCUT2D eigenvalue weighted by atomic mass is 9.50. The van der Waals surface area contributed by atoms with Gasteiger partial charge in [-0.15, -0.1) is 0 Å². The van der Waals surface area contributed by atoms with Gasteiger partial charge in [0, 0.05) is 43.6 Å². The lowest BCUT2D eigenvalue weighted by Gasteiger charge is -2.33. The molecule has 10 aromatic rings. The molecule has 8 aromatic carbocycles. The number of benzene rings is 8. The van der Waals surface area contributed by atoms with E-state index in [4.69, 9.17) is 13.8 Å². The van der Waals surface area contributed by atoms with Crippen molar-refractivity contribution in [3.63, 3.8) is 0 Å².